The summed E-state index contributed by atoms with van der Waals surface area (Å²) in [5.74, 6) is 0. The van der Waals surface area contributed by atoms with E-state index in [4.69, 9.17) is 0 Å². The summed E-state index contributed by atoms with van der Waals surface area (Å²) in [6.07, 6.45) is 5.60. The quantitative estimate of drug-likeness (QED) is 0.796. The van der Waals surface area contributed by atoms with Gasteiger partial charge in [0.25, 0.3) is 0 Å². The highest BCUT2D eigenvalue weighted by Gasteiger charge is 2.03. The molecule has 4 nitrogen and oxygen atoms in total. The molecule has 1 unspecified atom stereocenters. The lowest BCUT2D eigenvalue weighted by Crippen LogP contribution is -2.26. The van der Waals surface area contributed by atoms with Crippen LogP contribution in [0, 0.1) is 0 Å². The molecule has 0 aliphatic carbocycles. The number of rotatable bonds is 6. The van der Waals surface area contributed by atoms with Gasteiger partial charge in [0.15, 0.2) is 0 Å². The van der Waals surface area contributed by atoms with Gasteiger partial charge in [-0.05, 0) is 18.6 Å². The molecule has 0 radical (unpaired) electrons. The number of aromatic nitrogens is 2. The van der Waals surface area contributed by atoms with E-state index < -0.39 is 0 Å². The van der Waals surface area contributed by atoms with E-state index in [0.717, 1.165) is 24.2 Å². The number of hydrogen-bond acceptors (Lipinski definition) is 3. The van der Waals surface area contributed by atoms with Gasteiger partial charge in [0, 0.05) is 25.5 Å². The molecule has 0 saturated carbocycles. The van der Waals surface area contributed by atoms with E-state index in [1.807, 2.05) is 35.0 Å². The van der Waals surface area contributed by atoms with Crippen LogP contribution < -0.4 is 5.32 Å². The predicted molar refractivity (Wildman–Crippen MR) is 67.8 cm³/mol. The van der Waals surface area contributed by atoms with Crippen molar-refractivity contribution in [1.29, 1.82) is 0 Å². The number of hydrogen-bond donors (Lipinski definition) is 2. The number of aliphatic hydroxyl groups is 1. The predicted octanol–water partition coefficient (Wildman–Crippen LogP) is 1.58. The third-order valence-corrected chi connectivity index (χ3v) is 2.72. The summed E-state index contributed by atoms with van der Waals surface area (Å²) in [5, 5.41) is 12.8. The molecule has 2 aromatic heterocycles. The smallest absolute Gasteiger partial charge is 0.137 e. The summed E-state index contributed by atoms with van der Waals surface area (Å²) < 4.78 is 2.00. The fraction of sp³-hybridized carbons (Fsp3) is 0.462. The van der Waals surface area contributed by atoms with E-state index in [9.17, 15) is 5.11 Å². The van der Waals surface area contributed by atoms with Crippen LogP contribution in [0.25, 0.3) is 5.65 Å². The average Bonchev–Trinajstić information content (AvgIpc) is 2.71. The van der Waals surface area contributed by atoms with Gasteiger partial charge in [-0.1, -0.05) is 19.4 Å². The molecule has 0 aliphatic heterocycles. The van der Waals surface area contributed by atoms with Crippen LogP contribution in [-0.4, -0.2) is 27.1 Å². The summed E-state index contributed by atoms with van der Waals surface area (Å²) in [6.45, 7) is 3.40. The van der Waals surface area contributed by atoms with Crippen molar-refractivity contribution >= 4 is 5.65 Å². The van der Waals surface area contributed by atoms with Crippen LogP contribution in [0.5, 0.6) is 0 Å². The Morgan fingerprint density at radius 2 is 2.35 bits per heavy atom. The number of nitrogens with zero attached hydrogens (tertiary/aromatic N) is 2. The first-order valence-corrected chi connectivity index (χ1v) is 6.11. The zero-order chi connectivity index (χ0) is 12.1. The van der Waals surface area contributed by atoms with Crippen molar-refractivity contribution in [3.05, 3.63) is 36.3 Å². The summed E-state index contributed by atoms with van der Waals surface area (Å²) in [7, 11) is 0. The monoisotopic (exact) mass is 233 g/mol. The summed E-state index contributed by atoms with van der Waals surface area (Å²) in [5.41, 5.74) is 1.96. The standard InChI is InChI=1S/C13H19N3O/c1-2-5-12(17)9-14-8-11-10-16-7-4-3-6-13(16)15-11/h3-4,6-7,10,12,14,17H,2,5,8-9H2,1H3. The first-order chi connectivity index (χ1) is 8.29. The SMILES string of the molecule is CCCC(O)CNCc1cn2ccccc2n1. The minimum atomic E-state index is -0.253. The Balaban J connectivity index is 1.86. The maximum Gasteiger partial charge on any atom is 0.137 e. The van der Waals surface area contributed by atoms with Gasteiger partial charge in [0.1, 0.15) is 5.65 Å². The number of pyridine rings is 1. The first kappa shape index (κ1) is 12.1. The maximum absolute atomic E-state index is 9.58. The van der Waals surface area contributed by atoms with Crippen LogP contribution in [0.4, 0.5) is 0 Å². The highest BCUT2D eigenvalue weighted by atomic mass is 16.3. The molecule has 17 heavy (non-hydrogen) atoms. The average molecular weight is 233 g/mol. The van der Waals surface area contributed by atoms with Crippen molar-refractivity contribution in [2.45, 2.75) is 32.4 Å². The van der Waals surface area contributed by atoms with Crippen molar-refractivity contribution < 1.29 is 5.11 Å². The third-order valence-electron chi connectivity index (χ3n) is 2.72. The van der Waals surface area contributed by atoms with E-state index in [1.165, 1.54) is 0 Å². The Labute approximate surface area is 101 Å². The molecule has 1 atom stereocenters. The molecular formula is C13H19N3O. The zero-order valence-corrected chi connectivity index (χ0v) is 10.1. The van der Waals surface area contributed by atoms with Gasteiger partial charge in [0.2, 0.25) is 0 Å². The molecule has 2 N–H and O–H groups in total. The van der Waals surface area contributed by atoms with E-state index >= 15 is 0 Å². The molecule has 0 bridgehead atoms. The van der Waals surface area contributed by atoms with Gasteiger partial charge in [-0.2, -0.15) is 0 Å². The number of imidazole rings is 1. The summed E-state index contributed by atoms with van der Waals surface area (Å²) in [6, 6.07) is 5.94. The highest BCUT2D eigenvalue weighted by molar-refractivity contribution is 5.39. The van der Waals surface area contributed by atoms with Crippen LogP contribution in [-0.2, 0) is 6.54 Å². The van der Waals surface area contributed by atoms with E-state index in [1.54, 1.807) is 0 Å². The van der Waals surface area contributed by atoms with Gasteiger partial charge < -0.3 is 14.8 Å². The zero-order valence-electron chi connectivity index (χ0n) is 10.1. The lowest BCUT2D eigenvalue weighted by Gasteiger charge is -2.09. The molecule has 92 valence electrons. The normalized spacial score (nSPS) is 13.1. The number of fused-ring (bicyclic) bond motifs is 1. The molecule has 0 aliphatic rings. The van der Waals surface area contributed by atoms with Gasteiger partial charge in [-0.25, -0.2) is 4.98 Å². The summed E-state index contributed by atoms with van der Waals surface area (Å²) >= 11 is 0. The maximum atomic E-state index is 9.58. The second-order valence-corrected chi connectivity index (χ2v) is 4.27. The lowest BCUT2D eigenvalue weighted by molar-refractivity contribution is 0.160. The molecule has 0 saturated heterocycles. The first-order valence-electron chi connectivity index (χ1n) is 6.11. The second-order valence-electron chi connectivity index (χ2n) is 4.27. The van der Waals surface area contributed by atoms with Gasteiger partial charge >= 0.3 is 0 Å². The third kappa shape index (κ3) is 3.28. The molecule has 2 rings (SSSR count). The Morgan fingerprint density at radius 3 is 3.12 bits per heavy atom. The highest BCUT2D eigenvalue weighted by Crippen LogP contribution is 2.04. The summed E-state index contributed by atoms with van der Waals surface area (Å²) in [4.78, 5) is 4.47. The van der Waals surface area contributed by atoms with Crippen molar-refractivity contribution in [2.24, 2.45) is 0 Å². The van der Waals surface area contributed by atoms with Crippen LogP contribution in [0.1, 0.15) is 25.5 Å². The van der Waals surface area contributed by atoms with Crippen molar-refractivity contribution in [1.82, 2.24) is 14.7 Å². The van der Waals surface area contributed by atoms with Gasteiger partial charge in [0.05, 0.1) is 11.8 Å². The number of aliphatic hydroxyl groups excluding tert-OH is 1. The molecular weight excluding hydrogens is 214 g/mol. The van der Waals surface area contributed by atoms with Crippen LogP contribution in [0.15, 0.2) is 30.6 Å². The minimum Gasteiger partial charge on any atom is -0.392 e. The molecule has 2 aromatic rings. The van der Waals surface area contributed by atoms with Crippen LogP contribution in [0.3, 0.4) is 0 Å². The van der Waals surface area contributed by atoms with Crippen LogP contribution in [0.2, 0.25) is 0 Å². The van der Waals surface area contributed by atoms with E-state index in [2.05, 4.69) is 17.2 Å². The van der Waals surface area contributed by atoms with E-state index in [0.29, 0.717) is 13.1 Å². The Kier molecular flexibility index (Phi) is 4.12. The largest absolute Gasteiger partial charge is 0.392 e. The number of nitrogens with one attached hydrogen (secondary N) is 1. The lowest BCUT2D eigenvalue weighted by atomic mass is 10.2. The second kappa shape index (κ2) is 5.80. The fourth-order valence-corrected chi connectivity index (χ4v) is 1.87. The molecule has 0 spiro atoms. The van der Waals surface area contributed by atoms with Crippen molar-refractivity contribution in [3.63, 3.8) is 0 Å². The minimum absolute atomic E-state index is 0.253. The molecule has 0 aromatic carbocycles. The Bertz CT molecular complexity index is 433. The van der Waals surface area contributed by atoms with Crippen molar-refractivity contribution in [3.8, 4) is 0 Å². The molecule has 4 heteroatoms. The van der Waals surface area contributed by atoms with Crippen LogP contribution >= 0.6 is 0 Å². The van der Waals surface area contributed by atoms with Crippen molar-refractivity contribution in [2.75, 3.05) is 6.54 Å². The van der Waals surface area contributed by atoms with E-state index in [-0.39, 0.29) is 6.10 Å². The topological polar surface area (TPSA) is 49.6 Å². The Hall–Kier alpha value is -1.39. The van der Waals surface area contributed by atoms with Gasteiger partial charge in [-0.3, -0.25) is 0 Å². The Morgan fingerprint density at radius 1 is 1.47 bits per heavy atom. The molecule has 2 heterocycles. The van der Waals surface area contributed by atoms with Gasteiger partial charge in [-0.15, -0.1) is 0 Å². The molecule has 0 amide bonds. The fourth-order valence-electron chi connectivity index (χ4n) is 1.87. The molecule has 0 fully saturated rings.